The summed E-state index contributed by atoms with van der Waals surface area (Å²) >= 11 is 0. The zero-order valence-corrected chi connectivity index (χ0v) is 11.4. The van der Waals surface area contributed by atoms with Crippen molar-refractivity contribution in [1.29, 1.82) is 0 Å². The van der Waals surface area contributed by atoms with E-state index < -0.39 is 0 Å². The standard InChI is InChI=1S/C10H11NO2.K.H/c12-10(8-4-3-5-8)13-9-6-1-2-7-11-9;;/h1-2,6-8H,3-5H2;;/q;+1;-1. The van der Waals surface area contributed by atoms with Gasteiger partial charge in [0.1, 0.15) is 0 Å². The van der Waals surface area contributed by atoms with Crippen LogP contribution in [-0.2, 0) is 4.79 Å². The first kappa shape index (κ1) is 12.3. The molecule has 0 amide bonds. The third kappa shape index (κ3) is 3.14. The number of nitrogens with zero attached hydrogens (tertiary/aromatic N) is 1. The van der Waals surface area contributed by atoms with Crippen molar-refractivity contribution >= 4 is 5.97 Å². The Hall–Kier alpha value is 0.256. The van der Waals surface area contributed by atoms with E-state index in [0.29, 0.717) is 5.88 Å². The predicted molar refractivity (Wildman–Crippen MR) is 48.3 cm³/mol. The summed E-state index contributed by atoms with van der Waals surface area (Å²) in [5, 5.41) is 0. The van der Waals surface area contributed by atoms with Gasteiger partial charge >= 0.3 is 57.4 Å². The van der Waals surface area contributed by atoms with Gasteiger partial charge < -0.3 is 6.16 Å². The number of rotatable bonds is 2. The molecule has 0 N–H and O–H groups in total. The van der Waals surface area contributed by atoms with Gasteiger partial charge in [-0.25, -0.2) is 4.98 Å². The number of carbonyl (C=O) groups is 1. The minimum absolute atomic E-state index is 0. The number of pyridine rings is 1. The summed E-state index contributed by atoms with van der Waals surface area (Å²) in [5.41, 5.74) is 0. The number of hydrogen-bond donors (Lipinski definition) is 0. The summed E-state index contributed by atoms with van der Waals surface area (Å²) < 4.78 is 5.07. The van der Waals surface area contributed by atoms with Crippen molar-refractivity contribution < 1.29 is 62.3 Å². The molecule has 0 bridgehead atoms. The van der Waals surface area contributed by atoms with Gasteiger partial charge in [0.15, 0.2) is 0 Å². The average molecular weight is 217 g/mol. The Morgan fingerprint density at radius 2 is 2.29 bits per heavy atom. The molecule has 1 aromatic rings. The van der Waals surface area contributed by atoms with E-state index in [0.717, 1.165) is 19.3 Å². The van der Waals surface area contributed by atoms with E-state index in [2.05, 4.69) is 4.98 Å². The van der Waals surface area contributed by atoms with Crippen molar-refractivity contribution in [3.63, 3.8) is 0 Å². The molecular weight excluding hydrogens is 205 g/mol. The van der Waals surface area contributed by atoms with Crippen molar-refractivity contribution in [2.45, 2.75) is 19.3 Å². The van der Waals surface area contributed by atoms with Crippen molar-refractivity contribution in [1.82, 2.24) is 4.98 Å². The fraction of sp³-hybridized carbons (Fsp3) is 0.400. The molecule has 1 aromatic heterocycles. The summed E-state index contributed by atoms with van der Waals surface area (Å²) in [6.45, 7) is 0. The van der Waals surface area contributed by atoms with E-state index in [1.54, 1.807) is 24.4 Å². The zero-order chi connectivity index (χ0) is 9.10. The molecule has 3 nitrogen and oxygen atoms in total. The monoisotopic (exact) mass is 217 g/mol. The molecule has 70 valence electrons. The number of esters is 1. The van der Waals surface area contributed by atoms with Gasteiger partial charge in [-0.3, -0.25) is 4.79 Å². The molecule has 1 saturated carbocycles. The normalized spacial score (nSPS) is 15.1. The molecule has 0 atom stereocenters. The molecular formula is C10H12KNO2. The van der Waals surface area contributed by atoms with E-state index in [4.69, 9.17) is 4.74 Å². The molecule has 0 aromatic carbocycles. The largest absolute Gasteiger partial charge is 1.00 e. The fourth-order valence-electron chi connectivity index (χ4n) is 1.24. The Morgan fingerprint density at radius 3 is 2.79 bits per heavy atom. The van der Waals surface area contributed by atoms with Crippen LogP contribution in [0.4, 0.5) is 0 Å². The first-order valence-electron chi connectivity index (χ1n) is 4.49. The van der Waals surface area contributed by atoms with Gasteiger partial charge in [-0.1, -0.05) is 12.5 Å². The number of ether oxygens (including phenoxy) is 1. The number of aromatic nitrogens is 1. The van der Waals surface area contributed by atoms with Crippen LogP contribution in [0, 0.1) is 5.92 Å². The van der Waals surface area contributed by atoms with Crippen LogP contribution in [0.5, 0.6) is 5.88 Å². The van der Waals surface area contributed by atoms with Crippen LogP contribution in [0.3, 0.4) is 0 Å². The maximum atomic E-state index is 11.3. The van der Waals surface area contributed by atoms with Gasteiger partial charge in [-0.2, -0.15) is 0 Å². The molecule has 0 spiro atoms. The van der Waals surface area contributed by atoms with Crippen LogP contribution in [0.25, 0.3) is 0 Å². The Bertz CT molecular complexity index is 304. The molecule has 4 heteroatoms. The van der Waals surface area contributed by atoms with Crippen LogP contribution in [0.2, 0.25) is 0 Å². The Kier molecular flexibility index (Phi) is 5.26. The Balaban J connectivity index is 0.000000980. The van der Waals surface area contributed by atoms with Gasteiger partial charge in [0.05, 0.1) is 5.92 Å². The second kappa shape index (κ2) is 5.97. The first-order chi connectivity index (χ1) is 6.36. The Morgan fingerprint density at radius 1 is 1.50 bits per heavy atom. The molecule has 2 rings (SSSR count). The minimum atomic E-state index is -0.134. The Labute approximate surface area is 127 Å². The quantitative estimate of drug-likeness (QED) is 0.466. The second-order valence-corrected chi connectivity index (χ2v) is 3.22. The third-order valence-electron chi connectivity index (χ3n) is 2.28. The van der Waals surface area contributed by atoms with Crippen molar-refractivity contribution in [2.75, 3.05) is 0 Å². The molecule has 14 heavy (non-hydrogen) atoms. The second-order valence-electron chi connectivity index (χ2n) is 3.22. The van der Waals surface area contributed by atoms with Crippen LogP contribution >= 0.6 is 0 Å². The molecule has 0 saturated heterocycles. The fourth-order valence-corrected chi connectivity index (χ4v) is 1.24. The summed E-state index contributed by atoms with van der Waals surface area (Å²) in [7, 11) is 0. The first-order valence-corrected chi connectivity index (χ1v) is 4.49. The molecule has 1 heterocycles. The number of carbonyl (C=O) groups excluding carboxylic acids is 1. The summed E-state index contributed by atoms with van der Waals surface area (Å²) in [6.07, 6.45) is 4.68. The van der Waals surface area contributed by atoms with Crippen LogP contribution in [0.15, 0.2) is 24.4 Å². The third-order valence-corrected chi connectivity index (χ3v) is 2.28. The molecule has 1 aliphatic rings. The van der Waals surface area contributed by atoms with E-state index in [-0.39, 0.29) is 64.7 Å². The molecule has 0 aliphatic heterocycles. The topological polar surface area (TPSA) is 39.2 Å². The maximum Gasteiger partial charge on any atom is 1.00 e. The van der Waals surface area contributed by atoms with Gasteiger partial charge in [-0.05, 0) is 18.9 Å². The van der Waals surface area contributed by atoms with E-state index in [9.17, 15) is 4.79 Å². The van der Waals surface area contributed by atoms with Crippen LogP contribution in [-0.4, -0.2) is 11.0 Å². The smallest absolute Gasteiger partial charge is 1.00 e. The van der Waals surface area contributed by atoms with Crippen molar-refractivity contribution in [3.05, 3.63) is 24.4 Å². The van der Waals surface area contributed by atoms with Crippen LogP contribution < -0.4 is 56.1 Å². The minimum Gasteiger partial charge on any atom is -1.00 e. The summed E-state index contributed by atoms with van der Waals surface area (Å²) in [6, 6.07) is 5.29. The summed E-state index contributed by atoms with van der Waals surface area (Å²) in [4.78, 5) is 15.2. The SMILES string of the molecule is O=C(Oc1ccccn1)C1CCC1.[H-].[K+]. The zero-order valence-electron chi connectivity index (χ0n) is 9.27. The predicted octanol–water partition coefficient (Wildman–Crippen LogP) is -1.10. The van der Waals surface area contributed by atoms with E-state index in [1.807, 2.05) is 0 Å². The number of hydrogen-bond acceptors (Lipinski definition) is 3. The maximum absolute atomic E-state index is 11.3. The van der Waals surface area contributed by atoms with Crippen molar-refractivity contribution in [2.24, 2.45) is 5.92 Å². The molecule has 0 unspecified atom stereocenters. The average Bonchev–Trinajstić information content (AvgIpc) is 2.02. The van der Waals surface area contributed by atoms with E-state index in [1.165, 1.54) is 0 Å². The summed E-state index contributed by atoms with van der Waals surface area (Å²) in [5.74, 6) is 0.381. The van der Waals surface area contributed by atoms with E-state index >= 15 is 0 Å². The van der Waals surface area contributed by atoms with Crippen LogP contribution in [0.1, 0.15) is 20.7 Å². The van der Waals surface area contributed by atoms with Gasteiger partial charge in [-0.15, -0.1) is 0 Å². The molecule has 1 aliphatic carbocycles. The molecule has 1 fully saturated rings. The van der Waals surface area contributed by atoms with Crippen molar-refractivity contribution in [3.8, 4) is 5.88 Å². The van der Waals surface area contributed by atoms with Gasteiger partial charge in [0.2, 0.25) is 5.88 Å². The van der Waals surface area contributed by atoms with Gasteiger partial charge in [0.25, 0.3) is 0 Å². The molecule has 0 radical (unpaired) electrons. The van der Waals surface area contributed by atoms with Gasteiger partial charge in [0, 0.05) is 12.3 Å².